The Kier molecular flexibility index (Phi) is 10.4. The van der Waals surface area contributed by atoms with Gasteiger partial charge in [0.05, 0.1) is 17.7 Å². The SMILES string of the molecule is COc1ccc(Cl)cc1N(CC(=O)N(CCc1ccccc1)[C@@H](C)C(=O)NC(C)(C)C)S(=O)(=O)c1ccc(C)cc1. The Balaban J connectivity index is 2.06. The minimum absolute atomic E-state index is 0.00675. The van der Waals surface area contributed by atoms with Crippen molar-refractivity contribution in [2.24, 2.45) is 0 Å². The van der Waals surface area contributed by atoms with Crippen molar-refractivity contribution in [2.75, 3.05) is 24.5 Å². The van der Waals surface area contributed by atoms with Gasteiger partial charge in [-0.1, -0.05) is 59.6 Å². The molecular formula is C31H38ClN3O5S. The molecule has 0 fully saturated rings. The molecule has 0 unspecified atom stereocenters. The van der Waals surface area contributed by atoms with Crippen LogP contribution in [0, 0.1) is 6.92 Å². The predicted molar refractivity (Wildman–Crippen MR) is 163 cm³/mol. The number of amides is 2. The topological polar surface area (TPSA) is 96.0 Å². The molecule has 0 aliphatic heterocycles. The number of ether oxygens (including phenoxy) is 1. The third-order valence-corrected chi connectivity index (χ3v) is 8.46. The maximum absolute atomic E-state index is 14.0. The summed E-state index contributed by atoms with van der Waals surface area (Å²) in [7, 11) is -2.83. The zero-order valence-corrected chi connectivity index (χ0v) is 25.9. The number of benzene rings is 3. The molecule has 0 aliphatic rings. The average molecular weight is 600 g/mol. The van der Waals surface area contributed by atoms with E-state index in [1.807, 2.05) is 58.0 Å². The number of aryl methyl sites for hydroxylation is 1. The second kappa shape index (κ2) is 13.4. The number of carbonyl (C=O) groups is 2. The van der Waals surface area contributed by atoms with Gasteiger partial charge in [0, 0.05) is 17.1 Å². The van der Waals surface area contributed by atoms with Gasteiger partial charge in [-0.15, -0.1) is 0 Å². The van der Waals surface area contributed by atoms with E-state index in [9.17, 15) is 18.0 Å². The van der Waals surface area contributed by atoms with E-state index in [1.54, 1.807) is 31.2 Å². The highest BCUT2D eigenvalue weighted by Crippen LogP contribution is 2.35. The van der Waals surface area contributed by atoms with E-state index in [-0.39, 0.29) is 33.8 Å². The highest BCUT2D eigenvalue weighted by Gasteiger charge is 2.34. The van der Waals surface area contributed by atoms with Crippen molar-refractivity contribution >= 4 is 39.1 Å². The number of nitrogens with one attached hydrogen (secondary N) is 1. The first-order chi connectivity index (χ1) is 19.2. The molecular weight excluding hydrogens is 562 g/mol. The van der Waals surface area contributed by atoms with Crippen LogP contribution < -0.4 is 14.4 Å². The Morgan fingerprint density at radius 2 is 1.63 bits per heavy atom. The van der Waals surface area contributed by atoms with Crippen LogP contribution in [0.1, 0.15) is 38.8 Å². The third-order valence-electron chi connectivity index (χ3n) is 6.45. The van der Waals surface area contributed by atoms with Crippen LogP contribution in [-0.4, -0.2) is 56.9 Å². The number of rotatable bonds is 11. The van der Waals surface area contributed by atoms with Crippen molar-refractivity contribution in [2.45, 2.75) is 57.5 Å². The van der Waals surface area contributed by atoms with Crippen LogP contribution in [0.15, 0.2) is 77.7 Å². The third kappa shape index (κ3) is 8.47. The predicted octanol–water partition coefficient (Wildman–Crippen LogP) is 5.23. The molecule has 1 atom stereocenters. The standard InChI is InChI=1S/C31H38ClN3O5S/c1-22-12-15-26(16-13-22)41(38,39)35(27-20-25(32)14-17-28(27)40-6)21-29(36)34(19-18-24-10-8-7-9-11-24)23(2)30(37)33-31(3,4)5/h7-17,20,23H,18-19,21H2,1-6H3,(H,33,37)/t23-/m0/s1. The molecule has 0 radical (unpaired) electrons. The van der Waals surface area contributed by atoms with Crippen LogP contribution in [0.5, 0.6) is 5.75 Å². The van der Waals surface area contributed by atoms with Crippen molar-refractivity contribution < 1.29 is 22.7 Å². The molecule has 220 valence electrons. The van der Waals surface area contributed by atoms with E-state index in [4.69, 9.17) is 16.3 Å². The lowest BCUT2D eigenvalue weighted by atomic mass is 10.1. The smallest absolute Gasteiger partial charge is 0.264 e. The first-order valence-electron chi connectivity index (χ1n) is 13.3. The van der Waals surface area contributed by atoms with E-state index in [2.05, 4.69) is 5.32 Å². The Bertz CT molecular complexity index is 1460. The number of hydrogen-bond donors (Lipinski definition) is 1. The molecule has 41 heavy (non-hydrogen) atoms. The zero-order chi connectivity index (χ0) is 30.4. The Morgan fingerprint density at radius 1 is 1.00 bits per heavy atom. The number of halogens is 1. The highest BCUT2D eigenvalue weighted by atomic mass is 35.5. The Hall–Kier alpha value is -3.56. The van der Waals surface area contributed by atoms with Crippen LogP contribution in [0.2, 0.25) is 5.02 Å². The average Bonchev–Trinajstić information content (AvgIpc) is 2.91. The molecule has 0 spiro atoms. The molecule has 0 aromatic heterocycles. The first-order valence-corrected chi connectivity index (χ1v) is 15.1. The molecule has 2 amide bonds. The second-order valence-electron chi connectivity index (χ2n) is 10.9. The Labute approximate surface area is 248 Å². The van der Waals surface area contributed by atoms with Gasteiger partial charge in [-0.05, 0) is 76.9 Å². The van der Waals surface area contributed by atoms with Crippen molar-refractivity contribution in [1.29, 1.82) is 0 Å². The number of methoxy groups -OCH3 is 1. The lowest BCUT2D eigenvalue weighted by molar-refractivity contribution is -0.139. The molecule has 3 rings (SSSR count). The summed E-state index contributed by atoms with van der Waals surface area (Å²) in [6.45, 7) is 8.69. The molecule has 0 heterocycles. The van der Waals surface area contributed by atoms with Crippen LogP contribution in [0.25, 0.3) is 0 Å². The van der Waals surface area contributed by atoms with Gasteiger partial charge in [0.25, 0.3) is 10.0 Å². The summed E-state index contributed by atoms with van der Waals surface area (Å²) < 4.78 is 34.5. The molecule has 0 saturated carbocycles. The summed E-state index contributed by atoms with van der Waals surface area (Å²) in [6, 6.07) is 19.6. The fourth-order valence-corrected chi connectivity index (χ4v) is 5.84. The van der Waals surface area contributed by atoms with E-state index < -0.39 is 34.1 Å². The van der Waals surface area contributed by atoms with Crippen LogP contribution in [0.3, 0.4) is 0 Å². The second-order valence-corrected chi connectivity index (χ2v) is 13.2. The van der Waals surface area contributed by atoms with Gasteiger partial charge in [0.1, 0.15) is 18.3 Å². The lowest BCUT2D eigenvalue weighted by Gasteiger charge is -2.33. The quantitative estimate of drug-likeness (QED) is 0.326. The van der Waals surface area contributed by atoms with E-state index in [0.29, 0.717) is 6.42 Å². The van der Waals surface area contributed by atoms with Gasteiger partial charge in [-0.3, -0.25) is 13.9 Å². The molecule has 0 aliphatic carbocycles. The number of anilines is 1. The van der Waals surface area contributed by atoms with Crippen LogP contribution in [-0.2, 0) is 26.0 Å². The molecule has 0 saturated heterocycles. The molecule has 10 heteroatoms. The van der Waals surface area contributed by atoms with Gasteiger partial charge < -0.3 is 15.0 Å². The summed E-state index contributed by atoms with van der Waals surface area (Å²) in [6.07, 6.45) is 0.477. The van der Waals surface area contributed by atoms with E-state index in [1.165, 1.54) is 30.2 Å². The van der Waals surface area contributed by atoms with Gasteiger partial charge in [0.15, 0.2) is 0 Å². The van der Waals surface area contributed by atoms with Gasteiger partial charge in [-0.25, -0.2) is 8.42 Å². The minimum atomic E-state index is -4.24. The van der Waals surface area contributed by atoms with Gasteiger partial charge in [0.2, 0.25) is 11.8 Å². The zero-order valence-electron chi connectivity index (χ0n) is 24.3. The van der Waals surface area contributed by atoms with Crippen LogP contribution in [0.4, 0.5) is 5.69 Å². The number of carbonyl (C=O) groups excluding carboxylic acids is 2. The molecule has 8 nitrogen and oxygen atoms in total. The maximum atomic E-state index is 14.0. The summed E-state index contributed by atoms with van der Waals surface area (Å²) in [5, 5.41) is 3.20. The molecule has 3 aromatic rings. The molecule has 0 bridgehead atoms. The number of nitrogens with zero attached hydrogens (tertiary/aromatic N) is 2. The van der Waals surface area contributed by atoms with Gasteiger partial charge >= 0.3 is 0 Å². The van der Waals surface area contributed by atoms with E-state index in [0.717, 1.165) is 15.4 Å². The first kappa shape index (κ1) is 32.0. The van der Waals surface area contributed by atoms with Crippen molar-refractivity contribution in [3.8, 4) is 5.75 Å². The van der Waals surface area contributed by atoms with Crippen molar-refractivity contribution in [3.05, 3.63) is 88.9 Å². The number of sulfonamides is 1. The molecule has 3 aromatic carbocycles. The molecule has 1 N–H and O–H groups in total. The summed E-state index contributed by atoms with van der Waals surface area (Å²) in [5.41, 5.74) is 1.46. The summed E-state index contributed by atoms with van der Waals surface area (Å²) >= 11 is 6.28. The normalized spacial score (nSPS) is 12.4. The van der Waals surface area contributed by atoms with Gasteiger partial charge in [-0.2, -0.15) is 0 Å². The monoisotopic (exact) mass is 599 g/mol. The highest BCUT2D eigenvalue weighted by molar-refractivity contribution is 7.92. The number of hydrogen-bond acceptors (Lipinski definition) is 5. The largest absolute Gasteiger partial charge is 0.495 e. The fourth-order valence-electron chi connectivity index (χ4n) is 4.25. The fraction of sp³-hybridized carbons (Fsp3) is 0.355. The summed E-state index contributed by atoms with van der Waals surface area (Å²) in [4.78, 5) is 28.7. The maximum Gasteiger partial charge on any atom is 0.264 e. The Morgan fingerprint density at radius 3 is 2.22 bits per heavy atom. The van der Waals surface area contributed by atoms with Crippen molar-refractivity contribution in [1.82, 2.24) is 10.2 Å². The van der Waals surface area contributed by atoms with E-state index >= 15 is 0 Å². The summed E-state index contributed by atoms with van der Waals surface area (Å²) in [5.74, 6) is -0.658. The van der Waals surface area contributed by atoms with Crippen molar-refractivity contribution in [3.63, 3.8) is 0 Å². The lowest BCUT2D eigenvalue weighted by Crippen LogP contribution is -2.55. The van der Waals surface area contributed by atoms with Crippen LogP contribution >= 0.6 is 11.6 Å². The minimum Gasteiger partial charge on any atom is -0.495 e.